The second-order valence-electron chi connectivity index (χ2n) is 9.92. The second-order valence-corrected chi connectivity index (χ2v) is 11.2. The average Bonchev–Trinajstić information content (AvgIpc) is 3.50. The van der Waals surface area contributed by atoms with Gasteiger partial charge in [0.2, 0.25) is 0 Å². The van der Waals surface area contributed by atoms with Gasteiger partial charge >= 0.3 is 0 Å². The molecule has 1 amide bonds. The van der Waals surface area contributed by atoms with E-state index in [-0.39, 0.29) is 5.91 Å². The van der Waals surface area contributed by atoms with Crippen LogP contribution >= 0.6 is 22.9 Å². The largest absolute Gasteiger partial charge is 0.487 e. The van der Waals surface area contributed by atoms with Crippen LogP contribution in [0.25, 0.3) is 22.0 Å². The van der Waals surface area contributed by atoms with Crippen LogP contribution in [0, 0.1) is 6.92 Å². The van der Waals surface area contributed by atoms with Crippen molar-refractivity contribution in [2.45, 2.75) is 13.5 Å². The molecule has 1 heterocycles. The van der Waals surface area contributed by atoms with Gasteiger partial charge in [-0.05, 0) is 71.3 Å². The first-order valence-electron chi connectivity index (χ1n) is 13.6. The molecule has 212 valence electrons. The normalized spacial score (nSPS) is 11.1. The summed E-state index contributed by atoms with van der Waals surface area (Å²) in [5, 5.41) is 13.0. The number of ether oxygens (including phenoxy) is 1. The molecular formula is C35H27ClN4O2S. The number of carbonyl (C=O) groups excluding carboxylic acids is 1. The van der Waals surface area contributed by atoms with Gasteiger partial charge in [0, 0.05) is 22.2 Å². The van der Waals surface area contributed by atoms with E-state index in [9.17, 15) is 4.79 Å². The SMILES string of the molecule is Cc1ccc(Nc2nc(-c3ccc(C(=O)N/N=C\c4ccc(OCc5cccc6ccccc56)c(Cl)c4)cc3)cs2)cc1. The molecule has 2 N–H and O–H groups in total. The molecule has 0 radical (unpaired) electrons. The van der Waals surface area contributed by atoms with Crippen LogP contribution in [0.3, 0.4) is 0 Å². The Bertz CT molecular complexity index is 1910. The van der Waals surface area contributed by atoms with Crippen molar-refractivity contribution >= 4 is 56.7 Å². The van der Waals surface area contributed by atoms with E-state index in [0.29, 0.717) is 22.9 Å². The highest BCUT2D eigenvalue weighted by molar-refractivity contribution is 7.14. The zero-order valence-corrected chi connectivity index (χ0v) is 24.8. The topological polar surface area (TPSA) is 75.6 Å². The zero-order valence-electron chi connectivity index (χ0n) is 23.3. The Kier molecular flexibility index (Phi) is 8.45. The van der Waals surface area contributed by atoms with E-state index in [1.54, 1.807) is 30.5 Å². The summed E-state index contributed by atoms with van der Waals surface area (Å²) in [7, 11) is 0. The second kappa shape index (κ2) is 12.9. The number of rotatable bonds is 9. The molecule has 0 fully saturated rings. The first-order valence-corrected chi connectivity index (χ1v) is 14.9. The number of hydrogen-bond acceptors (Lipinski definition) is 6. The minimum absolute atomic E-state index is 0.316. The van der Waals surface area contributed by atoms with Crippen molar-refractivity contribution in [3.8, 4) is 17.0 Å². The highest BCUT2D eigenvalue weighted by Gasteiger charge is 2.09. The molecule has 0 atom stereocenters. The van der Waals surface area contributed by atoms with E-state index in [4.69, 9.17) is 16.3 Å². The minimum Gasteiger partial charge on any atom is -0.487 e. The number of halogens is 1. The molecule has 5 aromatic carbocycles. The highest BCUT2D eigenvalue weighted by atomic mass is 35.5. The number of amides is 1. The van der Waals surface area contributed by atoms with Crippen molar-refractivity contribution in [2.24, 2.45) is 5.10 Å². The number of fused-ring (bicyclic) bond motifs is 1. The van der Waals surface area contributed by atoms with Crippen LogP contribution in [-0.4, -0.2) is 17.1 Å². The van der Waals surface area contributed by atoms with Crippen LogP contribution in [-0.2, 0) is 6.61 Å². The Morgan fingerprint density at radius 3 is 2.56 bits per heavy atom. The Hall–Kier alpha value is -4.98. The van der Waals surface area contributed by atoms with Gasteiger partial charge < -0.3 is 10.1 Å². The summed E-state index contributed by atoms with van der Waals surface area (Å²) in [6.45, 7) is 2.46. The number of hydrazone groups is 1. The van der Waals surface area contributed by atoms with E-state index < -0.39 is 0 Å². The predicted molar refractivity (Wildman–Crippen MR) is 177 cm³/mol. The molecule has 8 heteroatoms. The van der Waals surface area contributed by atoms with Crippen LogP contribution in [0.15, 0.2) is 120 Å². The lowest BCUT2D eigenvalue weighted by Crippen LogP contribution is -2.17. The summed E-state index contributed by atoms with van der Waals surface area (Å²) in [6, 6.07) is 35.2. The summed E-state index contributed by atoms with van der Waals surface area (Å²) in [5.74, 6) is 0.262. The van der Waals surface area contributed by atoms with Crippen molar-refractivity contribution in [3.05, 3.63) is 142 Å². The predicted octanol–water partition coefficient (Wildman–Crippen LogP) is 9.01. The van der Waals surface area contributed by atoms with Gasteiger partial charge in [-0.2, -0.15) is 5.10 Å². The minimum atomic E-state index is -0.316. The first kappa shape index (κ1) is 28.2. The lowest BCUT2D eigenvalue weighted by atomic mass is 10.1. The third-order valence-corrected chi connectivity index (χ3v) is 7.90. The number of benzene rings is 5. The van der Waals surface area contributed by atoms with Crippen LogP contribution in [0.4, 0.5) is 10.8 Å². The van der Waals surface area contributed by atoms with Gasteiger partial charge in [-0.3, -0.25) is 4.79 Å². The average molecular weight is 603 g/mol. The summed E-state index contributed by atoms with van der Waals surface area (Å²) in [5.41, 5.74) is 8.84. The van der Waals surface area contributed by atoms with Gasteiger partial charge in [0.05, 0.1) is 16.9 Å². The van der Waals surface area contributed by atoms with Gasteiger partial charge in [0.25, 0.3) is 5.91 Å². The molecule has 0 aliphatic heterocycles. The van der Waals surface area contributed by atoms with E-state index in [1.807, 2.05) is 60.0 Å². The monoisotopic (exact) mass is 602 g/mol. The molecule has 0 saturated heterocycles. The molecule has 43 heavy (non-hydrogen) atoms. The van der Waals surface area contributed by atoms with Crippen LogP contribution in [0.5, 0.6) is 5.75 Å². The third-order valence-electron chi connectivity index (χ3n) is 6.85. The maximum absolute atomic E-state index is 12.7. The molecule has 0 aliphatic rings. The highest BCUT2D eigenvalue weighted by Crippen LogP contribution is 2.29. The van der Waals surface area contributed by atoms with E-state index >= 15 is 0 Å². The summed E-state index contributed by atoms with van der Waals surface area (Å²) in [4.78, 5) is 17.3. The maximum Gasteiger partial charge on any atom is 0.271 e. The standard InChI is InChI=1S/C35H27ClN4O2S/c1-23-9-16-29(17-10-23)38-35-39-32(22-43-35)26-12-14-27(15-13-26)34(41)40-37-20-24-11-18-33(31(36)19-24)42-21-28-7-4-6-25-5-2-3-8-30(25)28/h2-20,22H,21H2,1H3,(H,38,39)(H,40,41)/b37-20-. The zero-order chi connectivity index (χ0) is 29.6. The number of aryl methyl sites for hydroxylation is 1. The van der Waals surface area contributed by atoms with Crippen molar-refractivity contribution in [3.63, 3.8) is 0 Å². The fraction of sp³-hybridized carbons (Fsp3) is 0.0571. The third kappa shape index (κ3) is 6.92. The van der Waals surface area contributed by atoms with Gasteiger partial charge in [-0.15, -0.1) is 11.3 Å². The van der Waals surface area contributed by atoms with Crippen molar-refractivity contribution in [1.82, 2.24) is 10.4 Å². The van der Waals surface area contributed by atoms with Crippen molar-refractivity contribution < 1.29 is 9.53 Å². The number of aromatic nitrogens is 1. The fourth-order valence-corrected chi connectivity index (χ4v) is 5.52. The molecule has 0 bridgehead atoms. The lowest BCUT2D eigenvalue weighted by Gasteiger charge is -2.11. The molecule has 1 aromatic heterocycles. The van der Waals surface area contributed by atoms with Gasteiger partial charge in [-0.1, -0.05) is 83.9 Å². The first-order chi connectivity index (χ1) is 21.0. The number of nitrogens with one attached hydrogen (secondary N) is 2. The van der Waals surface area contributed by atoms with Crippen LogP contribution in [0.2, 0.25) is 5.02 Å². The Balaban J connectivity index is 1.03. The smallest absolute Gasteiger partial charge is 0.271 e. The molecule has 6 aromatic rings. The number of nitrogens with zero attached hydrogens (tertiary/aromatic N) is 2. The Morgan fingerprint density at radius 2 is 1.74 bits per heavy atom. The van der Waals surface area contributed by atoms with E-state index in [2.05, 4.69) is 58.1 Å². The lowest BCUT2D eigenvalue weighted by molar-refractivity contribution is 0.0955. The van der Waals surface area contributed by atoms with Crippen LogP contribution in [0.1, 0.15) is 27.0 Å². The number of anilines is 2. The number of carbonyl (C=O) groups is 1. The molecular weight excluding hydrogens is 576 g/mol. The van der Waals surface area contributed by atoms with Gasteiger partial charge in [-0.25, -0.2) is 10.4 Å². The summed E-state index contributed by atoms with van der Waals surface area (Å²) < 4.78 is 6.01. The molecule has 6 nitrogen and oxygen atoms in total. The van der Waals surface area contributed by atoms with E-state index in [1.165, 1.54) is 22.3 Å². The molecule has 0 unspecified atom stereocenters. The molecule has 0 spiro atoms. The summed E-state index contributed by atoms with van der Waals surface area (Å²) in [6.07, 6.45) is 1.55. The molecule has 6 rings (SSSR count). The number of hydrogen-bond donors (Lipinski definition) is 2. The molecule has 0 aliphatic carbocycles. The van der Waals surface area contributed by atoms with Crippen molar-refractivity contribution in [2.75, 3.05) is 5.32 Å². The maximum atomic E-state index is 12.7. The number of thiazole rings is 1. The van der Waals surface area contributed by atoms with Crippen LogP contribution < -0.4 is 15.5 Å². The molecule has 0 saturated carbocycles. The van der Waals surface area contributed by atoms with E-state index in [0.717, 1.165) is 38.6 Å². The van der Waals surface area contributed by atoms with Crippen molar-refractivity contribution in [1.29, 1.82) is 0 Å². The quantitative estimate of drug-likeness (QED) is 0.128. The Morgan fingerprint density at radius 1 is 0.953 bits per heavy atom. The Labute approximate surface area is 258 Å². The fourth-order valence-electron chi connectivity index (χ4n) is 4.53. The summed E-state index contributed by atoms with van der Waals surface area (Å²) >= 11 is 8.01. The van der Waals surface area contributed by atoms with Gasteiger partial charge in [0.15, 0.2) is 5.13 Å². The van der Waals surface area contributed by atoms with Gasteiger partial charge in [0.1, 0.15) is 12.4 Å².